The first-order valence-electron chi connectivity index (χ1n) is 10.2. The van der Waals surface area contributed by atoms with Gasteiger partial charge in [0.05, 0.1) is 18.2 Å². The molecule has 164 valence electrons. The topological polar surface area (TPSA) is 70.1 Å². The Morgan fingerprint density at radius 2 is 1.84 bits per heavy atom. The number of carbonyl (C=O) groups is 2. The molecule has 1 heterocycles. The second-order valence-corrected chi connectivity index (χ2v) is 7.76. The molecule has 1 aliphatic rings. The lowest BCUT2D eigenvalue weighted by Crippen LogP contribution is -2.35. The molecule has 1 N–H and O–H groups in total. The van der Waals surface area contributed by atoms with Gasteiger partial charge < -0.3 is 19.6 Å². The average molecular weight is 426 g/mol. The van der Waals surface area contributed by atoms with Crippen molar-refractivity contribution in [1.29, 1.82) is 0 Å². The van der Waals surface area contributed by atoms with E-state index in [0.29, 0.717) is 42.1 Å². The van der Waals surface area contributed by atoms with E-state index in [0.717, 1.165) is 0 Å². The molecular formula is C24H27FN2O4. The number of halogens is 1. The summed E-state index contributed by atoms with van der Waals surface area (Å²) in [6.45, 7) is 5.01. The summed E-state index contributed by atoms with van der Waals surface area (Å²) in [6.07, 6.45) is 0. The van der Waals surface area contributed by atoms with Crippen molar-refractivity contribution in [1.82, 2.24) is 9.80 Å². The SMILES string of the molecule is CCOc1ccc(C(O)=C2C(=O)C(=O)N(CCN(C)C)[C@H]2c2ccc(F)cc2)c(C)c1. The maximum Gasteiger partial charge on any atom is 0.295 e. The van der Waals surface area contributed by atoms with E-state index in [1.54, 1.807) is 25.1 Å². The smallest absolute Gasteiger partial charge is 0.295 e. The Kier molecular flexibility index (Phi) is 6.75. The van der Waals surface area contributed by atoms with Gasteiger partial charge in [-0.05, 0) is 69.4 Å². The maximum atomic E-state index is 13.5. The molecule has 0 unspecified atom stereocenters. The number of ether oxygens (including phenoxy) is 1. The zero-order chi connectivity index (χ0) is 22.7. The van der Waals surface area contributed by atoms with Crippen molar-refractivity contribution in [2.45, 2.75) is 19.9 Å². The minimum Gasteiger partial charge on any atom is -0.507 e. The van der Waals surface area contributed by atoms with Crippen LogP contribution >= 0.6 is 0 Å². The Morgan fingerprint density at radius 1 is 1.16 bits per heavy atom. The van der Waals surface area contributed by atoms with Gasteiger partial charge in [-0.3, -0.25) is 9.59 Å². The van der Waals surface area contributed by atoms with Crippen LogP contribution in [0.25, 0.3) is 5.76 Å². The molecule has 0 saturated carbocycles. The van der Waals surface area contributed by atoms with E-state index in [1.807, 2.05) is 25.9 Å². The monoisotopic (exact) mass is 426 g/mol. The van der Waals surface area contributed by atoms with Crippen LogP contribution in [0.4, 0.5) is 4.39 Å². The van der Waals surface area contributed by atoms with Crippen LogP contribution in [-0.2, 0) is 9.59 Å². The van der Waals surface area contributed by atoms with Gasteiger partial charge in [-0.1, -0.05) is 12.1 Å². The van der Waals surface area contributed by atoms with E-state index < -0.39 is 23.5 Å². The molecule has 0 radical (unpaired) electrons. The third-order valence-electron chi connectivity index (χ3n) is 5.28. The number of ketones is 1. The molecule has 7 heteroatoms. The van der Waals surface area contributed by atoms with E-state index in [-0.39, 0.29) is 11.3 Å². The second kappa shape index (κ2) is 9.31. The highest BCUT2D eigenvalue weighted by Gasteiger charge is 2.46. The predicted molar refractivity (Wildman–Crippen MR) is 116 cm³/mol. The van der Waals surface area contributed by atoms with E-state index >= 15 is 0 Å². The first kappa shape index (κ1) is 22.5. The van der Waals surface area contributed by atoms with E-state index in [1.165, 1.54) is 29.2 Å². The minimum absolute atomic E-state index is 0.00243. The second-order valence-electron chi connectivity index (χ2n) is 7.76. The van der Waals surface area contributed by atoms with Gasteiger partial charge in [0, 0.05) is 18.7 Å². The van der Waals surface area contributed by atoms with Crippen molar-refractivity contribution in [2.75, 3.05) is 33.8 Å². The normalized spacial score (nSPS) is 18.1. The highest BCUT2D eigenvalue weighted by atomic mass is 19.1. The summed E-state index contributed by atoms with van der Waals surface area (Å²) in [5.74, 6) is -1.45. The fourth-order valence-electron chi connectivity index (χ4n) is 3.71. The molecule has 0 bridgehead atoms. The number of Topliss-reactive ketones (excluding diaryl/α,β-unsaturated/α-hetero) is 1. The number of benzene rings is 2. The van der Waals surface area contributed by atoms with Crippen LogP contribution in [-0.4, -0.2) is 60.4 Å². The zero-order valence-corrected chi connectivity index (χ0v) is 18.2. The van der Waals surface area contributed by atoms with Crippen LogP contribution in [0.3, 0.4) is 0 Å². The van der Waals surface area contributed by atoms with Gasteiger partial charge >= 0.3 is 0 Å². The number of carbonyl (C=O) groups excluding carboxylic acids is 2. The van der Waals surface area contributed by atoms with Crippen LogP contribution in [0.5, 0.6) is 5.75 Å². The van der Waals surface area contributed by atoms with E-state index in [2.05, 4.69) is 0 Å². The molecule has 3 rings (SSSR count). The van der Waals surface area contributed by atoms with E-state index in [9.17, 15) is 19.1 Å². The first-order valence-corrected chi connectivity index (χ1v) is 10.2. The zero-order valence-electron chi connectivity index (χ0n) is 18.2. The Bertz CT molecular complexity index is 1010. The van der Waals surface area contributed by atoms with Crippen LogP contribution in [0.15, 0.2) is 48.0 Å². The summed E-state index contributed by atoms with van der Waals surface area (Å²) in [6, 6.07) is 9.98. The first-order chi connectivity index (χ1) is 14.7. The van der Waals surface area contributed by atoms with Gasteiger partial charge in [0.25, 0.3) is 11.7 Å². The van der Waals surface area contributed by atoms with Gasteiger partial charge in [-0.25, -0.2) is 4.39 Å². The average Bonchev–Trinajstić information content (AvgIpc) is 2.97. The Balaban J connectivity index is 2.13. The summed E-state index contributed by atoms with van der Waals surface area (Å²) >= 11 is 0. The molecule has 1 atom stereocenters. The number of hydrogen-bond acceptors (Lipinski definition) is 5. The Hall–Kier alpha value is -3.19. The van der Waals surface area contributed by atoms with Gasteiger partial charge in [-0.2, -0.15) is 0 Å². The number of amides is 1. The van der Waals surface area contributed by atoms with Crippen LogP contribution < -0.4 is 4.74 Å². The van der Waals surface area contributed by atoms with Crippen LogP contribution in [0.1, 0.15) is 29.7 Å². The highest BCUT2D eigenvalue weighted by Crippen LogP contribution is 2.40. The fraction of sp³-hybridized carbons (Fsp3) is 0.333. The Morgan fingerprint density at radius 3 is 2.42 bits per heavy atom. The van der Waals surface area contributed by atoms with Crippen molar-refractivity contribution < 1.29 is 23.8 Å². The molecule has 1 amide bonds. The quantitative estimate of drug-likeness (QED) is 0.417. The molecular weight excluding hydrogens is 399 g/mol. The number of hydrogen-bond donors (Lipinski definition) is 1. The Labute approximate surface area is 181 Å². The molecule has 6 nitrogen and oxygen atoms in total. The molecule has 1 aliphatic heterocycles. The third-order valence-corrected chi connectivity index (χ3v) is 5.28. The number of aryl methyl sites for hydroxylation is 1. The van der Waals surface area contributed by atoms with Gasteiger partial charge in [0.2, 0.25) is 0 Å². The summed E-state index contributed by atoms with van der Waals surface area (Å²) in [7, 11) is 3.74. The number of aliphatic hydroxyl groups is 1. The van der Waals surface area contributed by atoms with Crippen LogP contribution in [0.2, 0.25) is 0 Å². The van der Waals surface area contributed by atoms with Crippen molar-refractivity contribution in [3.05, 3.63) is 70.5 Å². The standard InChI is InChI=1S/C24H27FN2O4/c1-5-31-18-10-11-19(15(2)14-18)22(28)20-21(16-6-8-17(25)9-7-16)27(13-12-26(3)4)24(30)23(20)29/h6-11,14,21,28H,5,12-13H2,1-4H3/t21-/m0/s1. The van der Waals surface area contributed by atoms with Gasteiger partial charge in [0.1, 0.15) is 17.3 Å². The largest absolute Gasteiger partial charge is 0.507 e. The van der Waals surface area contributed by atoms with Gasteiger partial charge in [-0.15, -0.1) is 0 Å². The predicted octanol–water partition coefficient (Wildman–Crippen LogP) is 3.52. The minimum atomic E-state index is -0.800. The molecule has 0 spiro atoms. The van der Waals surface area contributed by atoms with Gasteiger partial charge in [0.15, 0.2) is 0 Å². The molecule has 31 heavy (non-hydrogen) atoms. The summed E-state index contributed by atoms with van der Waals surface area (Å²) in [5, 5.41) is 11.1. The molecule has 0 aliphatic carbocycles. The number of nitrogens with zero attached hydrogens (tertiary/aromatic N) is 2. The fourth-order valence-corrected chi connectivity index (χ4v) is 3.71. The molecule has 1 fully saturated rings. The lowest BCUT2D eigenvalue weighted by molar-refractivity contribution is -0.140. The van der Waals surface area contributed by atoms with Crippen molar-refractivity contribution in [3.8, 4) is 5.75 Å². The number of aliphatic hydroxyl groups excluding tert-OH is 1. The van der Waals surface area contributed by atoms with E-state index in [4.69, 9.17) is 4.74 Å². The van der Waals surface area contributed by atoms with Crippen molar-refractivity contribution in [3.63, 3.8) is 0 Å². The van der Waals surface area contributed by atoms with Crippen molar-refractivity contribution in [2.24, 2.45) is 0 Å². The third kappa shape index (κ3) is 4.61. The molecule has 2 aromatic rings. The summed E-state index contributed by atoms with van der Waals surface area (Å²) < 4.78 is 19.0. The number of likely N-dealkylation sites (N-methyl/N-ethyl adjacent to an activating group) is 1. The molecule has 0 aromatic heterocycles. The number of likely N-dealkylation sites (tertiary alicyclic amines) is 1. The van der Waals surface area contributed by atoms with Crippen LogP contribution in [0, 0.1) is 12.7 Å². The lowest BCUT2D eigenvalue weighted by Gasteiger charge is -2.26. The lowest BCUT2D eigenvalue weighted by atomic mass is 9.94. The highest BCUT2D eigenvalue weighted by molar-refractivity contribution is 6.46. The van der Waals surface area contributed by atoms with Crippen molar-refractivity contribution >= 4 is 17.4 Å². The summed E-state index contributed by atoms with van der Waals surface area (Å²) in [5.41, 5.74) is 1.72. The maximum absolute atomic E-state index is 13.5. The molecule has 2 aromatic carbocycles. The summed E-state index contributed by atoms with van der Waals surface area (Å²) in [4.78, 5) is 29.2. The number of rotatable bonds is 7. The molecule has 1 saturated heterocycles.